The Labute approximate surface area is 102 Å². The van der Waals surface area contributed by atoms with Crippen molar-refractivity contribution in [3.8, 4) is 0 Å². The molecule has 1 aliphatic rings. The van der Waals surface area contributed by atoms with Crippen molar-refractivity contribution < 1.29 is 0 Å². The third kappa shape index (κ3) is 3.64. The molecule has 0 radical (unpaired) electrons. The van der Waals surface area contributed by atoms with Crippen LogP contribution < -0.4 is 0 Å². The normalized spacial score (nSPS) is 18.8. The minimum atomic E-state index is 0.756. The highest BCUT2D eigenvalue weighted by Crippen LogP contribution is 2.32. The van der Waals surface area contributed by atoms with Gasteiger partial charge in [-0.25, -0.2) is 0 Å². The summed E-state index contributed by atoms with van der Waals surface area (Å²) in [6.45, 7) is 6.57. The van der Waals surface area contributed by atoms with Crippen LogP contribution in [0.3, 0.4) is 0 Å². The number of hydrogen-bond donors (Lipinski definition) is 0. The Hall–Kier alpha value is -0.300. The quantitative estimate of drug-likeness (QED) is 0.599. The van der Waals surface area contributed by atoms with Gasteiger partial charge >= 0.3 is 0 Å². The molecule has 1 unspecified atom stereocenters. The lowest BCUT2D eigenvalue weighted by molar-refractivity contribution is 0.590. The molecule has 15 heavy (non-hydrogen) atoms. The summed E-state index contributed by atoms with van der Waals surface area (Å²) in [7, 11) is 0. The maximum absolute atomic E-state index is 3.52. The third-order valence-corrected chi connectivity index (χ3v) is 3.22. The largest absolute Gasteiger partial charge is 0.0656 e. The van der Waals surface area contributed by atoms with Crippen molar-refractivity contribution in [1.29, 1.82) is 0 Å². The van der Waals surface area contributed by atoms with E-state index >= 15 is 0 Å². The van der Waals surface area contributed by atoms with Crippen LogP contribution in [0, 0.1) is 0 Å². The van der Waals surface area contributed by atoms with Crippen molar-refractivity contribution in [3.05, 3.63) is 33.8 Å². The first-order chi connectivity index (χ1) is 7.19. The molecule has 0 saturated carbocycles. The predicted molar refractivity (Wildman–Crippen MR) is 71.5 cm³/mol. The smallest absolute Gasteiger partial charge is 0.0178 e. The van der Waals surface area contributed by atoms with Crippen molar-refractivity contribution in [2.45, 2.75) is 52.4 Å². The summed E-state index contributed by atoms with van der Waals surface area (Å²) >= 11 is 3.52. The van der Waals surface area contributed by atoms with Gasteiger partial charge in [-0.1, -0.05) is 49.2 Å². The average Bonchev–Trinajstić information content (AvgIpc) is 2.21. The van der Waals surface area contributed by atoms with E-state index in [1.807, 2.05) is 0 Å². The maximum atomic E-state index is 3.52. The molecule has 0 amide bonds. The van der Waals surface area contributed by atoms with E-state index in [4.69, 9.17) is 0 Å². The SMILES string of the molecule is CC1CCCc2ccc(Br)cc21.CCC. The highest BCUT2D eigenvalue weighted by atomic mass is 79.9. The summed E-state index contributed by atoms with van der Waals surface area (Å²) in [5, 5.41) is 0. The number of aryl methyl sites for hydroxylation is 1. The van der Waals surface area contributed by atoms with E-state index in [9.17, 15) is 0 Å². The van der Waals surface area contributed by atoms with Gasteiger partial charge in [-0.05, 0) is 48.4 Å². The van der Waals surface area contributed by atoms with Gasteiger partial charge in [-0.15, -0.1) is 0 Å². The lowest BCUT2D eigenvalue weighted by atomic mass is 9.84. The monoisotopic (exact) mass is 268 g/mol. The molecule has 0 fully saturated rings. The molecule has 1 aromatic carbocycles. The van der Waals surface area contributed by atoms with Crippen LogP contribution in [0.25, 0.3) is 0 Å². The number of halogens is 1. The number of rotatable bonds is 0. The Morgan fingerprint density at radius 3 is 2.67 bits per heavy atom. The molecule has 1 atom stereocenters. The summed E-state index contributed by atoms with van der Waals surface area (Å²) in [5.41, 5.74) is 3.10. The van der Waals surface area contributed by atoms with Crippen LogP contribution in [-0.4, -0.2) is 0 Å². The fraction of sp³-hybridized carbons (Fsp3) is 0.571. The van der Waals surface area contributed by atoms with Crippen LogP contribution in [0.1, 0.15) is 57.1 Å². The van der Waals surface area contributed by atoms with Gasteiger partial charge in [0.2, 0.25) is 0 Å². The van der Waals surface area contributed by atoms with E-state index in [1.54, 1.807) is 11.1 Å². The average molecular weight is 269 g/mol. The Kier molecular flexibility index (Phi) is 5.38. The van der Waals surface area contributed by atoms with Crippen LogP contribution in [0.2, 0.25) is 0 Å². The van der Waals surface area contributed by atoms with E-state index in [-0.39, 0.29) is 0 Å². The Balaban J connectivity index is 0.000000337. The molecule has 0 nitrogen and oxygen atoms in total. The van der Waals surface area contributed by atoms with Crippen LogP contribution >= 0.6 is 15.9 Å². The van der Waals surface area contributed by atoms with Gasteiger partial charge in [0.1, 0.15) is 0 Å². The highest BCUT2D eigenvalue weighted by Gasteiger charge is 2.15. The zero-order valence-corrected chi connectivity index (χ0v) is 11.6. The molecule has 1 heteroatoms. The summed E-state index contributed by atoms with van der Waals surface area (Å²) in [4.78, 5) is 0. The van der Waals surface area contributed by atoms with Crippen molar-refractivity contribution in [3.63, 3.8) is 0 Å². The second kappa shape index (κ2) is 6.32. The van der Waals surface area contributed by atoms with Gasteiger partial charge in [0.25, 0.3) is 0 Å². The molecular formula is C14H21Br. The van der Waals surface area contributed by atoms with E-state index in [0.29, 0.717) is 0 Å². The minimum Gasteiger partial charge on any atom is -0.0656 e. The molecule has 0 N–H and O–H groups in total. The van der Waals surface area contributed by atoms with Crippen LogP contribution in [0.4, 0.5) is 0 Å². The lowest BCUT2D eigenvalue weighted by Crippen LogP contribution is -2.06. The summed E-state index contributed by atoms with van der Waals surface area (Å²) in [5.74, 6) is 0.756. The van der Waals surface area contributed by atoms with Gasteiger partial charge in [-0.3, -0.25) is 0 Å². The zero-order valence-electron chi connectivity index (χ0n) is 10.0. The maximum Gasteiger partial charge on any atom is 0.0178 e. The molecule has 0 saturated heterocycles. The van der Waals surface area contributed by atoms with Gasteiger partial charge in [-0.2, -0.15) is 0 Å². The topological polar surface area (TPSA) is 0 Å². The Morgan fingerprint density at radius 2 is 2.00 bits per heavy atom. The fourth-order valence-corrected chi connectivity index (χ4v) is 2.39. The van der Waals surface area contributed by atoms with Crippen LogP contribution in [0.15, 0.2) is 22.7 Å². The van der Waals surface area contributed by atoms with Gasteiger partial charge in [0, 0.05) is 4.47 Å². The molecule has 0 aliphatic heterocycles. The molecule has 0 aromatic heterocycles. The zero-order chi connectivity index (χ0) is 11.3. The summed E-state index contributed by atoms with van der Waals surface area (Å²) in [6.07, 6.45) is 5.23. The Morgan fingerprint density at radius 1 is 1.33 bits per heavy atom. The summed E-state index contributed by atoms with van der Waals surface area (Å²) < 4.78 is 1.22. The van der Waals surface area contributed by atoms with E-state index in [0.717, 1.165) is 5.92 Å². The van der Waals surface area contributed by atoms with Crippen molar-refractivity contribution in [1.82, 2.24) is 0 Å². The van der Waals surface area contributed by atoms with E-state index in [1.165, 1.54) is 30.2 Å². The van der Waals surface area contributed by atoms with Crippen LogP contribution in [-0.2, 0) is 6.42 Å². The predicted octanol–water partition coefficient (Wildman–Crippen LogP) is 5.31. The third-order valence-electron chi connectivity index (χ3n) is 2.72. The fourth-order valence-electron chi connectivity index (χ4n) is 2.01. The molecule has 1 aromatic rings. The minimum absolute atomic E-state index is 0.756. The van der Waals surface area contributed by atoms with Gasteiger partial charge in [0.15, 0.2) is 0 Å². The highest BCUT2D eigenvalue weighted by molar-refractivity contribution is 9.10. The Bertz CT molecular complexity index is 304. The van der Waals surface area contributed by atoms with Crippen molar-refractivity contribution in [2.24, 2.45) is 0 Å². The second-order valence-electron chi connectivity index (χ2n) is 4.34. The molecule has 0 bridgehead atoms. The lowest BCUT2D eigenvalue weighted by Gasteiger charge is -2.22. The number of fused-ring (bicyclic) bond motifs is 1. The van der Waals surface area contributed by atoms with Crippen molar-refractivity contribution >= 4 is 15.9 Å². The van der Waals surface area contributed by atoms with Crippen LogP contribution in [0.5, 0.6) is 0 Å². The molecule has 0 heterocycles. The standard InChI is InChI=1S/C11H13Br.C3H8/c1-8-3-2-4-9-5-6-10(12)7-11(8)9;1-3-2/h5-8H,2-4H2,1H3;3H2,1-2H3. The molecule has 2 rings (SSSR count). The molecule has 0 spiro atoms. The summed E-state index contributed by atoms with van der Waals surface area (Å²) in [6, 6.07) is 6.69. The van der Waals surface area contributed by atoms with Crippen molar-refractivity contribution in [2.75, 3.05) is 0 Å². The molecule has 1 aliphatic carbocycles. The molecular weight excluding hydrogens is 248 g/mol. The van der Waals surface area contributed by atoms with E-state index in [2.05, 4.69) is 54.9 Å². The first-order valence-corrected chi connectivity index (χ1v) is 6.76. The number of hydrogen-bond acceptors (Lipinski definition) is 0. The van der Waals surface area contributed by atoms with Gasteiger partial charge < -0.3 is 0 Å². The second-order valence-corrected chi connectivity index (χ2v) is 5.26. The van der Waals surface area contributed by atoms with E-state index < -0.39 is 0 Å². The van der Waals surface area contributed by atoms with Gasteiger partial charge in [0.05, 0.1) is 0 Å². The molecule has 84 valence electrons. The first-order valence-electron chi connectivity index (χ1n) is 5.97. The number of benzene rings is 1. The first kappa shape index (κ1) is 12.8.